The van der Waals surface area contributed by atoms with Crippen LogP contribution in [0.1, 0.15) is 45.7 Å². The number of rotatable bonds is 7. The number of hydrogen-bond acceptors (Lipinski definition) is 6. The SMILES string of the molecule is Cc1ccc(C(CC(=O)O)c2ccc(N(C)N)c(N)c2C)cc1CN1CCOc2cc(F)ccc2C1. The summed E-state index contributed by atoms with van der Waals surface area (Å²) >= 11 is 0. The van der Waals surface area contributed by atoms with Crippen LogP contribution in [0.25, 0.3) is 0 Å². The molecule has 1 aliphatic rings. The van der Waals surface area contributed by atoms with Gasteiger partial charge in [0, 0.05) is 44.2 Å². The van der Waals surface area contributed by atoms with Gasteiger partial charge in [0.05, 0.1) is 17.8 Å². The number of carboxylic acid groups (broad SMARTS) is 1. The molecule has 190 valence electrons. The number of nitrogens with two attached hydrogens (primary N) is 2. The Hall–Kier alpha value is -3.62. The molecule has 1 heterocycles. The van der Waals surface area contributed by atoms with Crippen molar-refractivity contribution in [3.63, 3.8) is 0 Å². The number of hydrogen-bond donors (Lipinski definition) is 3. The van der Waals surface area contributed by atoms with E-state index in [1.165, 1.54) is 17.1 Å². The van der Waals surface area contributed by atoms with E-state index in [2.05, 4.69) is 17.9 Å². The van der Waals surface area contributed by atoms with Crippen molar-refractivity contribution in [3.05, 3.63) is 87.7 Å². The highest BCUT2D eigenvalue weighted by atomic mass is 19.1. The summed E-state index contributed by atoms with van der Waals surface area (Å²) in [7, 11) is 1.72. The Morgan fingerprint density at radius 2 is 1.97 bits per heavy atom. The van der Waals surface area contributed by atoms with E-state index in [1.54, 1.807) is 13.1 Å². The maximum atomic E-state index is 13.6. The van der Waals surface area contributed by atoms with E-state index in [9.17, 15) is 14.3 Å². The van der Waals surface area contributed by atoms with Gasteiger partial charge in [0.1, 0.15) is 18.2 Å². The molecular weight excluding hydrogens is 459 g/mol. The lowest BCUT2D eigenvalue weighted by atomic mass is 9.84. The van der Waals surface area contributed by atoms with Crippen molar-refractivity contribution < 1.29 is 19.0 Å². The second-order valence-corrected chi connectivity index (χ2v) is 9.47. The third kappa shape index (κ3) is 5.45. The van der Waals surface area contributed by atoms with Gasteiger partial charge in [0.2, 0.25) is 0 Å². The summed E-state index contributed by atoms with van der Waals surface area (Å²) in [5, 5.41) is 11.2. The molecule has 8 heteroatoms. The largest absolute Gasteiger partial charge is 0.492 e. The number of nitrogen functional groups attached to an aromatic ring is 1. The Morgan fingerprint density at radius 3 is 2.69 bits per heavy atom. The fourth-order valence-electron chi connectivity index (χ4n) is 4.85. The van der Waals surface area contributed by atoms with Crippen molar-refractivity contribution in [2.75, 3.05) is 30.9 Å². The molecule has 3 aromatic rings. The standard InChI is InChI=1S/C28H33FN4O3/c1-17-4-5-19(24(14-27(34)35)23-8-9-25(32(3)31)28(30)18(23)2)12-21(17)16-33-10-11-36-26-13-22(29)7-6-20(26)15-33/h4-9,12-13,24H,10-11,14-16,30-31H2,1-3H3,(H,34,35). The highest BCUT2D eigenvalue weighted by Gasteiger charge is 2.24. The molecule has 1 unspecified atom stereocenters. The van der Waals surface area contributed by atoms with Crippen molar-refractivity contribution in [2.45, 2.75) is 39.3 Å². The Morgan fingerprint density at radius 1 is 1.19 bits per heavy atom. The Kier molecular flexibility index (Phi) is 7.47. The van der Waals surface area contributed by atoms with Gasteiger partial charge < -0.3 is 20.6 Å². The number of ether oxygens (including phenoxy) is 1. The third-order valence-corrected chi connectivity index (χ3v) is 6.93. The molecule has 5 N–H and O–H groups in total. The van der Waals surface area contributed by atoms with Gasteiger partial charge in [-0.25, -0.2) is 10.2 Å². The molecule has 36 heavy (non-hydrogen) atoms. The number of carboxylic acids is 1. The van der Waals surface area contributed by atoms with Crippen LogP contribution in [0, 0.1) is 19.7 Å². The van der Waals surface area contributed by atoms with E-state index in [0.717, 1.165) is 33.4 Å². The second kappa shape index (κ2) is 10.6. The van der Waals surface area contributed by atoms with E-state index < -0.39 is 5.97 Å². The van der Waals surface area contributed by atoms with Crippen LogP contribution in [0.5, 0.6) is 5.75 Å². The van der Waals surface area contributed by atoms with Crippen molar-refractivity contribution in [3.8, 4) is 5.75 Å². The zero-order chi connectivity index (χ0) is 26.0. The van der Waals surface area contributed by atoms with E-state index in [1.807, 2.05) is 31.2 Å². The van der Waals surface area contributed by atoms with Gasteiger partial charge in [-0.3, -0.25) is 9.69 Å². The van der Waals surface area contributed by atoms with Crippen molar-refractivity contribution in [1.29, 1.82) is 0 Å². The molecule has 3 aromatic carbocycles. The molecule has 1 aliphatic heterocycles. The van der Waals surface area contributed by atoms with Gasteiger partial charge in [-0.1, -0.05) is 30.3 Å². The summed E-state index contributed by atoms with van der Waals surface area (Å²) in [6.45, 7) is 6.43. The lowest BCUT2D eigenvalue weighted by Gasteiger charge is -2.25. The summed E-state index contributed by atoms with van der Waals surface area (Å²) < 4.78 is 19.4. The molecule has 0 saturated heterocycles. The smallest absolute Gasteiger partial charge is 0.304 e. The quantitative estimate of drug-likeness (QED) is 0.256. The summed E-state index contributed by atoms with van der Waals surface area (Å²) in [5.74, 6) is 4.94. The van der Waals surface area contributed by atoms with E-state index in [-0.39, 0.29) is 18.2 Å². The van der Waals surface area contributed by atoms with Crippen molar-refractivity contribution >= 4 is 17.3 Å². The highest BCUT2D eigenvalue weighted by Crippen LogP contribution is 2.37. The van der Waals surface area contributed by atoms with Crippen LogP contribution in [0.3, 0.4) is 0 Å². The average Bonchev–Trinajstić information content (AvgIpc) is 3.02. The molecule has 0 bridgehead atoms. The fraction of sp³-hybridized carbons (Fsp3) is 0.321. The van der Waals surface area contributed by atoms with Gasteiger partial charge in [0.25, 0.3) is 0 Å². The van der Waals surface area contributed by atoms with E-state index in [0.29, 0.717) is 43.4 Å². The minimum Gasteiger partial charge on any atom is -0.492 e. The summed E-state index contributed by atoms with van der Waals surface area (Å²) in [5.41, 5.74) is 13.4. The molecule has 0 spiro atoms. The Balaban J connectivity index is 1.66. The van der Waals surface area contributed by atoms with Gasteiger partial charge in [-0.05, 0) is 53.8 Å². The monoisotopic (exact) mass is 492 g/mol. The first-order chi connectivity index (χ1) is 17.1. The molecule has 0 aliphatic carbocycles. The summed E-state index contributed by atoms with van der Waals surface area (Å²) in [6, 6.07) is 14.5. The van der Waals surface area contributed by atoms with Crippen LogP contribution in [-0.2, 0) is 17.9 Å². The molecule has 0 amide bonds. The number of nitrogens with zero attached hydrogens (tertiary/aromatic N) is 2. The van der Waals surface area contributed by atoms with Gasteiger partial charge in [-0.2, -0.15) is 0 Å². The topological polar surface area (TPSA) is 105 Å². The van der Waals surface area contributed by atoms with E-state index >= 15 is 0 Å². The number of benzene rings is 3. The Labute approximate surface area is 211 Å². The van der Waals surface area contributed by atoms with Crippen LogP contribution in [-0.4, -0.2) is 36.2 Å². The maximum absolute atomic E-state index is 13.6. The molecule has 1 atom stereocenters. The Bertz CT molecular complexity index is 1280. The predicted molar refractivity (Wildman–Crippen MR) is 139 cm³/mol. The molecule has 0 saturated carbocycles. The number of aliphatic carboxylic acids is 1. The summed E-state index contributed by atoms with van der Waals surface area (Å²) in [6.07, 6.45) is -0.0584. The number of anilines is 2. The fourth-order valence-corrected chi connectivity index (χ4v) is 4.85. The normalized spacial score (nSPS) is 14.5. The molecule has 7 nitrogen and oxygen atoms in total. The number of hydrazine groups is 1. The van der Waals surface area contributed by atoms with Gasteiger partial charge in [0.15, 0.2) is 0 Å². The number of fused-ring (bicyclic) bond motifs is 1. The minimum atomic E-state index is -0.881. The lowest BCUT2D eigenvalue weighted by Crippen LogP contribution is -2.26. The van der Waals surface area contributed by atoms with Crippen LogP contribution in [0.2, 0.25) is 0 Å². The second-order valence-electron chi connectivity index (χ2n) is 9.47. The summed E-state index contributed by atoms with van der Waals surface area (Å²) in [4.78, 5) is 14.1. The molecule has 0 radical (unpaired) electrons. The lowest BCUT2D eigenvalue weighted by molar-refractivity contribution is -0.137. The van der Waals surface area contributed by atoms with Gasteiger partial charge >= 0.3 is 5.97 Å². The first-order valence-corrected chi connectivity index (χ1v) is 12.0. The van der Waals surface area contributed by atoms with E-state index in [4.69, 9.17) is 16.3 Å². The first-order valence-electron chi connectivity index (χ1n) is 12.0. The molecule has 0 aromatic heterocycles. The average molecular weight is 493 g/mol. The third-order valence-electron chi connectivity index (χ3n) is 6.93. The molecule has 4 rings (SSSR count). The van der Waals surface area contributed by atoms with Crippen LogP contribution >= 0.6 is 0 Å². The zero-order valence-electron chi connectivity index (χ0n) is 20.9. The minimum absolute atomic E-state index is 0.0584. The first kappa shape index (κ1) is 25.5. The number of aryl methyl sites for hydroxylation is 1. The van der Waals surface area contributed by atoms with Crippen LogP contribution in [0.15, 0.2) is 48.5 Å². The highest BCUT2D eigenvalue weighted by molar-refractivity contribution is 5.74. The molecular formula is C28H33FN4O3. The van der Waals surface area contributed by atoms with Crippen molar-refractivity contribution in [1.82, 2.24) is 4.90 Å². The zero-order valence-corrected chi connectivity index (χ0v) is 20.9. The number of carbonyl (C=O) groups is 1. The van der Waals surface area contributed by atoms with Crippen molar-refractivity contribution in [2.24, 2.45) is 5.84 Å². The van der Waals surface area contributed by atoms with Crippen LogP contribution < -0.4 is 21.3 Å². The molecule has 0 fully saturated rings. The predicted octanol–water partition coefficient (Wildman–Crippen LogP) is 4.34. The van der Waals surface area contributed by atoms with Crippen LogP contribution in [0.4, 0.5) is 15.8 Å². The van der Waals surface area contributed by atoms with Gasteiger partial charge in [-0.15, -0.1) is 0 Å². The number of halogens is 1. The maximum Gasteiger partial charge on any atom is 0.304 e.